The number of piperazine rings is 1. The molecule has 4 nitrogen and oxygen atoms in total. The average molecular weight is 276 g/mol. The first-order valence-corrected chi connectivity index (χ1v) is 7.35. The molecule has 1 aromatic carbocycles. The van der Waals surface area contributed by atoms with Crippen LogP contribution < -0.4 is 5.32 Å². The third-order valence-corrected chi connectivity index (χ3v) is 3.40. The van der Waals surface area contributed by atoms with Gasteiger partial charge in [-0.3, -0.25) is 0 Å². The second-order valence-corrected chi connectivity index (χ2v) is 5.71. The van der Waals surface area contributed by atoms with Gasteiger partial charge in [0.05, 0.1) is 0 Å². The lowest BCUT2D eigenvalue weighted by Gasteiger charge is -2.26. The standard InChI is InChI=1S/C16H24N2O2/c1-13(2)11-14-3-5-15(6-4-14)12-20-16(19)18-9-7-17-8-10-18/h3-6,13,17H,7-12H2,1-2H3. The largest absolute Gasteiger partial charge is 0.445 e. The van der Waals surface area contributed by atoms with Gasteiger partial charge in [-0.1, -0.05) is 38.1 Å². The summed E-state index contributed by atoms with van der Waals surface area (Å²) >= 11 is 0. The molecule has 0 atom stereocenters. The van der Waals surface area contributed by atoms with E-state index in [-0.39, 0.29) is 6.09 Å². The van der Waals surface area contributed by atoms with E-state index >= 15 is 0 Å². The van der Waals surface area contributed by atoms with Crippen molar-refractivity contribution in [3.8, 4) is 0 Å². The van der Waals surface area contributed by atoms with Crippen molar-refractivity contribution in [2.75, 3.05) is 26.2 Å². The molecule has 1 aliphatic heterocycles. The molecule has 1 fully saturated rings. The van der Waals surface area contributed by atoms with Crippen LogP contribution in [0.25, 0.3) is 0 Å². The molecule has 0 aromatic heterocycles. The minimum Gasteiger partial charge on any atom is -0.445 e. The van der Waals surface area contributed by atoms with E-state index in [4.69, 9.17) is 4.74 Å². The Bertz CT molecular complexity index is 423. The lowest BCUT2D eigenvalue weighted by atomic mass is 10.0. The van der Waals surface area contributed by atoms with Crippen molar-refractivity contribution >= 4 is 6.09 Å². The highest BCUT2D eigenvalue weighted by Crippen LogP contribution is 2.11. The normalized spacial score (nSPS) is 15.4. The van der Waals surface area contributed by atoms with Crippen LogP contribution in [-0.2, 0) is 17.8 Å². The van der Waals surface area contributed by atoms with E-state index in [2.05, 4.69) is 31.3 Å². The molecular weight excluding hydrogens is 252 g/mol. The molecule has 110 valence electrons. The van der Waals surface area contributed by atoms with Gasteiger partial charge < -0.3 is 15.0 Å². The molecule has 0 radical (unpaired) electrons. The molecule has 0 bridgehead atoms. The minimum absolute atomic E-state index is 0.210. The van der Waals surface area contributed by atoms with Crippen molar-refractivity contribution in [3.63, 3.8) is 0 Å². The quantitative estimate of drug-likeness (QED) is 0.918. The summed E-state index contributed by atoms with van der Waals surface area (Å²) in [5.74, 6) is 0.659. The number of carbonyl (C=O) groups excluding carboxylic acids is 1. The third kappa shape index (κ3) is 4.53. The Morgan fingerprint density at radius 3 is 2.40 bits per heavy atom. The van der Waals surface area contributed by atoms with Crippen LogP contribution in [0, 0.1) is 5.92 Å². The Morgan fingerprint density at radius 1 is 1.20 bits per heavy atom. The summed E-state index contributed by atoms with van der Waals surface area (Å²) in [5, 5.41) is 3.22. The van der Waals surface area contributed by atoms with Gasteiger partial charge in [-0.2, -0.15) is 0 Å². The van der Waals surface area contributed by atoms with Crippen LogP contribution in [0.4, 0.5) is 4.79 Å². The molecule has 1 amide bonds. The fourth-order valence-corrected chi connectivity index (χ4v) is 2.33. The Labute approximate surface area is 121 Å². The van der Waals surface area contributed by atoms with Crippen LogP contribution in [0.1, 0.15) is 25.0 Å². The predicted octanol–water partition coefficient (Wildman–Crippen LogP) is 2.43. The fourth-order valence-electron chi connectivity index (χ4n) is 2.33. The molecule has 1 saturated heterocycles. The molecule has 0 aliphatic carbocycles. The van der Waals surface area contributed by atoms with Gasteiger partial charge in [0.15, 0.2) is 0 Å². The lowest BCUT2D eigenvalue weighted by Crippen LogP contribution is -2.46. The summed E-state index contributed by atoms with van der Waals surface area (Å²) in [6, 6.07) is 8.33. The van der Waals surface area contributed by atoms with Crippen molar-refractivity contribution in [1.29, 1.82) is 0 Å². The van der Waals surface area contributed by atoms with Crippen LogP contribution in [0.2, 0.25) is 0 Å². The zero-order valence-corrected chi connectivity index (χ0v) is 12.4. The SMILES string of the molecule is CC(C)Cc1ccc(COC(=O)N2CCNCC2)cc1. The van der Waals surface area contributed by atoms with Gasteiger partial charge in [-0.15, -0.1) is 0 Å². The number of nitrogens with zero attached hydrogens (tertiary/aromatic N) is 1. The monoisotopic (exact) mass is 276 g/mol. The van der Waals surface area contributed by atoms with Crippen molar-refractivity contribution in [2.24, 2.45) is 5.92 Å². The number of carbonyl (C=O) groups is 1. The number of hydrogen-bond donors (Lipinski definition) is 1. The molecule has 2 rings (SSSR count). The smallest absolute Gasteiger partial charge is 0.410 e. The van der Waals surface area contributed by atoms with Crippen LogP contribution in [-0.4, -0.2) is 37.2 Å². The van der Waals surface area contributed by atoms with Gasteiger partial charge in [-0.25, -0.2) is 4.79 Å². The van der Waals surface area contributed by atoms with Gasteiger partial charge >= 0.3 is 6.09 Å². The molecule has 0 unspecified atom stereocenters. The molecule has 1 aromatic rings. The van der Waals surface area contributed by atoms with E-state index in [0.29, 0.717) is 12.5 Å². The highest BCUT2D eigenvalue weighted by Gasteiger charge is 2.17. The number of amides is 1. The number of hydrogen-bond acceptors (Lipinski definition) is 3. The molecular formula is C16H24N2O2. The van der Waals surface area contributed by atoms with E-state index in [1.54, 1.807) is 4.90 Å². The first kappa shape index (κ1) is 14.9. The zero-order valence-electron chi connectivity index (χ0n) is 12.4. The maximum atomic E-state index is 11.9. The van der Waals surface area contributed by atoms with Gasteiger partial charge in [0.2, 0.25) is 0 Å². The minimum atomic E-state index is -0.210. The molecule has 20 heavy (non-hydrogen) atoms. The fraction of sp³-hybridized carbons (Fsp3) is 0.562. The summed E-state index contributed by atoms with van der Waals surface area (Å²) in [4.78, 5) is 13.6. The number of nitrogens with one attached hydrogen (secondary N) is 1. The van der Waals surface area contributed by atoms with Crippen LogP contribution in [0.15, 0.2) is 24.3 Å². The molecule has 1 N–H and O–H groups in total. The summed E-state index contributed by atoms with van der Waals surface area (Å²) < 4.78 is 5.35. The number of rotatable bonds is 4. The lowest BCUT2D eigenvalue weighted by molar-refractivity contribution is 0.0918. The third-order valence-electron chi connectivity index (χ3n) is 3.40. The summed E-state index contributed by atoms with van der Waals surface area (Å²) in [5.41, 5.74) is 2.37. The Hall–Kier alpha value is -1.55. The number of benzene rings is 1. The van der Waals surface area contributed by atoms with E-state index in [1.165, 1.54) is 5.56 Å². The van der Waals surface area contributed by atoms with Gasteiger partial charge in [0.25, 0.3) is 0 Å². The maximum absolute atomic E-state index is 11.9. The highest BCUT2D eigenvalue weighted by molar-refractivity contribution is 5.67. The Morgan fingerprint density at radius 2 is 1.80 bits per heavy atom. The van der Waals surface area contributed by atoms with Gasteiger partial charge in [0, 0.05) is 26.2 Å². The first-order chi connectivity index (χ1) is 9.65. The molecule has 0 spiro atoms. The van der Waals surface area contributed by atoms with Crippen LogP contribution in [0.5, 0.6) is 0 Å². The Kier molecular flexibility index (Phi) is 5.41. The van der Waals surface area contributed by atoms with E-state index in [9.17, 15) is 4.79 Å². The van der Waals surface area contributed by atoms with Gasteiger partial charge in [0.1, 0.15) is 6.61 Å². The summed E-state index contributed by atoms with van der Waals surface area (Å²) in [7, 11) is 0. The van der Waals surface area contributed by atoms with Crippen LogP contribution >= 0.6 is 0 Å². The van der Waals surface area contributed by atoms with Crippen molar-refractivity contribution in [3.05, 3.63) is 35.4 Å². The second-order valence-electron chi connectivity index (χ2n) is 5.71. The number of ether oxygens (including phenoxy) is 1. The van der Waals surface area contributed by atoms with Crippen molar-refractivity contribution in [2.45, 2.75) is 26.9 Å². The predicted molar refractivity (Wildman–Crippen MR) is 79.6 cm³/mol. The van der Waals surface area contributed by atoms with Crippen molar-refractivity contribution in [1.82, 2.24) is 10.2 Å². The first-order valence-electron chi connectivity index (χ1n) is 7.35. The average Bonchev–Trinajstić information content (AvgIpc) is 2.46. The summed E-state index contributed by atoms with van der Waals surface area (Å²) in [6.07, 6.45) is 0.874. The van der Waals surface area contributed by atoms with Gasteiger partial charge in [-0.05, 0) is 23.5 Å². The molecule has 0 saturated carbocycles. The molecule has 4 heteroatoms. The molecule has 1 aliphatic rings. The second kappa shape index (κ2) is 7.29. The zero-order chi connectivity index (χ0) is 14.4. The van der Waals surface area contributed by atoms with E-state index in [0.717, 1.165) is 38.2 Å². The Balaban J connectivity index is 1.79. The van der Waals surface area contributed by atoms with E-state index in [1.807, 2.05) is 12.1 Å². The molecule has 1 heterocycles. The van der Waals surface area contributed by atoms with Crippen LogP contribution in [0.3, 0.4) is 0 Å². The highest BCUT2D eigenvalue weighted by atomic mass is 16.6. The topological polar surface area (TPSA) is 41.6 Å². The van der Waals surface area contributed by atoms with Crippen molar-refractivity contribution < 1.29 is 9.53 Å². The van der Waals surface area contributed by atoms with E-state index < -0.39 is 0 Å². The maximum Gasteiger partial charge on any atom is 0.410 e. The summed E-state index contributed by atoms with van der Waals surface area (Å²) in [6.45, 7) is 7.92.